The molecule has 0 fully saturated rings. The minimum Gasteiger partial charge on any atom is -0.497 e. The molecule has 4 rings (SSSR count). The zero-order chi connectivity index (χ0) is 17.2. The number of para-hydroxylation sites is 1. The first-order chi connectivity index (χ1) is 12.3. The van der Waals surface area contributed by atoms with Crippen molar-refractivity contribution < 1.29 is 13.9 Å². The summed E-state index contributed by atoms with van der Waals surface area (Å²) in [5.41, 5.74) is 3.86. The zero-order valence-corrected chi connectivity index (χ0v) is 14.2. The van der Waals surface area contributed by atoms with Gasteiger partial charge in [-0.3, -0.25) is 0 Å². The van der Waals surface area contributed by atoms with Crippen LogP contribution in [0.4, 0.5) is 5.69 Å². The van der Waals surface area contributed by atoms with E-state index in [-0.39, 0.29) is 0 Å². The highest BCUT2D eigenvalue weighted by atomic mass is 16.5. The van der Waals surface area contributed by atoms with E-state index in [1.807, 2.05) is 42.5 Å². The Bertz CT molecular complexity index is 1040. The van der Waals surface area contributed by atoms with Gasteiger partial charge in [-0.1, -0.05) is 18.2 Å². The lowest BCUT2D eigenvalue weighted by atomic mass is 10.1. The number of hydrogen-bond acceptors (Lipinski definition) is 4. The number of anilines is 1. The maximum Gasteiger partial charge on any atom is 0.137 e. The maximum atomic E-state index is 5.94. The van der Waals surface area contributed by atoms with Crippen molar-refractivity contribution in [2.75, 3.05) is 19.5 Å². The zero-order valence-electron chi connectivity index (χ0n) is 14.2. The van der Waals surface area contributed by atoms with Gasteiger partial charge in [0.05, 0.1) is 14.2 Å². The molecule has 0 aliphatic heterocycles. The number of fused-ring (bicyclic) bond motifs is 3. The van der Waals surface area contributed by atoms with Gasteiger partial charge in [0.25, 0.3) is 0 Å². The van der Waals surface area contributed by atoms with Crippen LogP contribution in [0.3, 0.4) is 0 Å². The Labute approximate surface area is 146 Å². The van der Waals surface area contributed by atoms with Gasteiger partial charge in [-0.2, -0.15) is 0 Å². The van der Waals surface area contributed by atoms with Crippen molar-refractivity contribution in [3.63, 3.8) is 0 Å². The third-order valence-electron chi connectivity index (χ3n) is 4.36. The van der Waals surface area contributed by atoms with Gasteiger partial charge in [0.15, 0.2) is 0 Å². The molecule has 0 amide bonds. The molecule has 4 heteroatoms. The summed E-state index contributed by atoms with van der Waals surface area (Å²) in [4.78, 5) is 0. The number of hydrogen-bond donors (Lipinski definition) is 1. The molecule has 0 spiro atoms. The molecule has 1 aromatic heterocycles. The number of benzene rings is 3. The normalized spacial score (nSPS) is 11.0. The van der Waals surface area contributed by atoms with Crippen molar-refractivity contribution in [3.8, 4) is 11.5 Å². The molecule has 1 N–H and O–H groups in total. The molecule has 0 unspecified atom stereocenters. The smallest absolute Gasteiger partial charge is 0.137 e. The first-order valence-electron chi connectivity index (χ1n) is 8.14. The number of nitrogens with one attached hydrogen (secondary N) is 1. The highest BCUT2D eigenvalue weighted by Gasteiger charge is 2.08. The second kappa shape index (κ2) is 6.40. The lowest BCUT2D eigenvalue weighted by Crippen LogP contribution is -2.02. The predicted molar refractivity (Wildman–Crippen MR) is 101 cm³/mol. The first-order valence-corrected chi connectivity index (χ1v) is 8.14. The molecule has 1 heterocycles. The number of furan rings is 1. The molecule has 0 aliphatic rings. The summed E-state index contributed by atoms with van der Waals surface area (Å²) >= 11 is 0. The van der Waals surface area contributed by atoms with Crippen molar-refractivity contribution >= 4 is 27.6 Å². The van der Waals surface area contributed by atoms with Gasteiger partial charge in [0.1, 0.15) is 22.7 Å². The van der Waals surface area contributed by atoms with Crippen LogP contribution in [0.15, 0.2) is 65.1 Å². The van der Waals surface area contributed by atoms with Crippen molar-refractivity contribution in [1.82, 2.24) is 0 Å². The molecule has 25 heavy (non-hydrogen) atoms. The summed E-state index contributed by atoms with van der Waals surface area (Å²) in [6.07, 6.45) is 0. The molecule has 0 aliphatic carbocycles. The molecule has 126 valence electrons. The Hall–Kier alpha value is -3.14. The Kier molecular flexibility index (Phi) is 3.94. The molecular weight excluding hydrogens is 314 g/mol. The van der Waals surface area contributed by atoms with Crippen molar-refractivity contribution in [1.29, 1.82) is 0 Å². The van der Waals surface area contributed by atoms with Gasteiger partial charge >= 0.3 is 0 Å². The van der Waals surface area contributed by atoms with E-state index in [9.17, 15) is 0 Å². The molecule has 3 aromatic carbocycles. The Morgan fingerprint density at radius 1 is 0.840 bits per heavy atom. The van der Waals surface area contributed by atoms with Crippen LogP contribution in [0.5, 0.6) is 11.5 Å². The van der Waals surface area contributed by atoms with Crippen molar-refractivity contribution in [2.24, 2.45) is 0 Å². The molecular formula is C21H19NO3. The van der Waals surface area contributed by atoms with Crippen LogP contribution in [0.1, 0.15) is 5.56 Å². The summed E-state index contributed by atoms with van der Waals surface area (Å²) in [5.74, 6) is 1.58. The van der Waals surface area contributed by atoms with E-state index in [1.54, 1.807) is 14.2 Å². The summed E-state index contributed by atoms with van der Waals surface area (Å²) in [6, 6.07) is 20.1. The van der Waals surface area contributed by atoms with Crippen LogP contribution in [0, 0.1) is 0 Å². The monoisotopic (exact) mass is 333 g/mol. The van der Waals surface area contributed by atoms with Gasteiger partial charge < -0.3 is 19.2 Å². The summed E-state index contributed by atoms with van der Waals surface area (Å²) in [7, 11) is 3.31. The third kappa shape index (κ3) is 2.87. The second-order valence-electron chi connectivity index (χ2n) is 5.84. The third-order valence-corrected chi connectivity index (χ3v) is 4.36. The quantitative estimate of drug-likeness (QED) is 0.544. The Morgan fingerprint density at radius 2 is 1.68 bits per heavy atom. The first kappa shape index (κ1) is 15.4. The van der Waals surface area contributed by atoms with Gasteiger partial charge in [-0.05, 0) is 30.3 Å². The molecule has 0 saturated carbocycles. The van der Waals surface area contributed by atoms with Gasteiger partial charge in [0, 0.05) is 40.7 Å². The molecule has 0 radical (unpaired) electrons. The van der Waals surface area contributed by atoms with Crippen LogP contribution in [0.25, 0.3) is 21.9 Å². The largest absolute Gasteiger partial charge is 0.497 e. The minimum atomic E-state index is 0.652. The highest BCUT2D eigenvalue weighted by molar-refractivity contribution is 6.05. The van der Waals surface area contributed by atoms with Crippen LogP contribution in [-0.4, -0.2) is 14.2 Å². The Balaban J connectivity index is 1.60. The van der Waals surface area contributed by atoms with E-state index in [2.05, 4.69) is 23.5 Å². The van der Waals surface area contributed by atoms with E-state index in [1.165, 1.54) is 0 Å². The van der Waals surface area contributed by atoms with Crippen LogP contribution < -0.4 is 14.8 Å². The fourth-order valence-corrected chi connectivity index (χ4v) is 3.03. The van der Waals surface area contributed by atoms with Gasteiger partial charge in [-0.25, -0.2) is 0 Å². The lowest BCUT2D eigenvalue weighted by Gasteiger charge is -2.12. The number of ether oxygens (including phenoxy) is 2. The molecule has 0 saturated heterocycles. The molecule has 0 atom stereocenters. The molecule has 4 aromatic rings. The van der Waals surface area contributed by atoms with E-state index in [0.717, 1.165) is 44.7 Å². The van der Waals surface area contributed by atoms with Crippen LogP contribution in [0.2, 0.25) is 0 Å². The van der Waals surface area contributed by atoms with Gasteiger partial charge in [0.2, 0.25) is 0 Å². The fourth-order valence-electron chi connectivity index (χ4n) is 3.03. The molecule has 4 nitrogen and oxygen atoms in total. The van der Waals surface area contributed by atoms with E-state index in [4.69, 9.17) is 13.9 Å². The summed E-state index contributed by atoms with van der Waals surface area (Å²) in [6.45, 7) is 0.652. The summed E-state index contributed by atoms with van der Waals surface area (Å²) in [5, 5.41) is 5.70. The number of methoxy groups -OCH3 is 2. The predicted octanol–water partition coefficient (Wildman–Crippen LogP) is 5.22. The molecule has 0 bridgehead atoms. The van der Waals surface area contributed by atoms with E-state index < -0.39 is 0 Å². The van der Waals surface area contributed by atoms with Crippen LogP contribution >= 0.6 is 0 Å². The van der Waals surface area contributed by atoms with Crippen molar-refractivity contribution in [3.05, 3.63) is 66.2 Å². The number of rotatable bonds is 5. The van der Waals surface area contributed by atoms with E-state index in [0.29, 0.717) is 6.54 Å². The Morgan fingerprint density at radius 3 is 2.52 bits per heavy atom. The fraction of sp³-hybridized carbons (Fsp3) is 0.143. The average molecular weight is 333 g/mol. The topological polar surface area (TPSA) is 43.6 Å². The minimum absolute atomic E-state index is 0.652. The van der Waals surface area contributed by atoms with Crippen LogP contribution in [-0.2, 0) is 6.54 Å². The standard InChI is InChI=1S/C21H19NO3/c1-23-16-9-7-14(20(12-16)24-2)13-22-15-8-10-18-17-5-3-4-6-19(17)25-21(18)11-15/h3-12,22H,13H2,1-2H3. The van der Waals surface area contributed by atoms with Gasteiger partial charge in [-0.15, -0.1) is 0 Å². The lowest BCUT2D eigenvalue weighted by molar-refractivity contribution is 0.391. The summed E-state index contributed by atoms with van der Waals surface area (Å²) < 4.78 is 16.6. The second-order valence-corrected chi connectivity index (χ2v) is 5.84. The van der Waals surface area contributed by atoms with E-state index >= 15 is 0 Å². The SMILES string of the molecule is COc1ccc(CNc2ccc3c(c2)oc2ccccc23)c(OC)c1. The maximum absolute atomic E-state index is 5.94. The average Bonchev–Trinajstić information content (AvgIpc) is 3.04. The van der Waals surface area contributed by atoms with Crippen molar-refractivity contribution in [2.45, 2.75) is 6.54 Å². The highest BCUT2D eigenvalue weighted by Crippen LogP contribution is 2.31.